The highest BCUT2D eigenvalue weighted by Gasteiger charge is 2.39. The molecule has 1 aromatic rings. The maximum Gasteiger partial charge on any atom is 0.222 e. The van der Waals surface area contributed by atoms with Gasteiger partial charge in [0, 0.05) is 44.4 Å². The Bertz CT molecular complexity index is 670. The van der Waals surface area contributed by atoms with Crippen LogP contribution in [-0.4, -0.2) is 53.2 Å². The summed E-state index contributed by atoms with van der Waals surface area (Å²) in [6.45, 7) is 4.53. The van der Waals surface area contributed by atoms with Gasteiger partial charge in [0.25, 0.3) is 0 Å². The van der Waals surface area contributed by atoms with Crippen molar-refractivity contribution in [2.45, 2.75) is 45.1 Å². The largest absolute Gasteiger partial charge is 0.396 e. The van der Waals surface area contributed by atoms with Crippen LogP contribution in [0.25, 0.3) is 0 Å². The zero-order valence-electron chi connectivity index (χ0n) is 14.8. The van der Waals surface area contributed by atoms with Crippen LogP contribution >= 0.6 is 0 Å². The summed E-state index contributed by atoms with van der Waals surface area (Å²) in [5.41, 5.74) is 1.54. The molecule has 0 spiro atoms. The minimum atomic E-state index is 0.180. The maximum absolute atomic E-state index is 12.3. The Kier molecular flexibility index (Phi) is 5.54. The van der Waals surface area contributed by atoms with Crippen molar-refractivity contribution in [3.05, 3.63) is 23.4 Å². The molecular formula is C19H26N4O2. The van der Waals surface area contributed by atoms with Crippen LogP contribution in [0.1, 0.15) is 43.4 Å². The summed E-state index contributed by atoms with van der Waals surface area (Å²) in [4.78, 5) is 21.2. The Balaban J connectivity index is 1.73. The van der Waals surface area contributed by atoms with Gasteiger partial charge in [0.15, 0.2) is 0 Å². The van der Waals surface area contributed by atoms with E-state index in [1.54, 1.807) is 0 Å². The molecule has 2 atom stereocenters. The number of anilines is 1. The van der Waals surface area contributed by atoms with Crippen LogP contribution in [0, 0.1) is 24.2 Å². The van der Waals surface area contributed by atoms with E-state index in [0.29, 0.717) is 17.9 Å². The van der Waals surface area contributed by atoms with Crippen molar-refractivity contribution in [2.75, 3.05) is 31.1 Å². The third-order valence-electron chi connectivity index (χ3n) is 5.38. The van der Waals surface area contributed by atoms with E-state index in [1.807, 2.05) is 24.0 Å². The van der Waals surface area contributed by atoms with Crippen molar-refractivity contribution in [1.29, 1.82) is 5.26 Å². The van der Waals surface area contributed by atoms with Crippen LogP contribution in [0.5, 0.6) is 0 Å². The fourth-order valence-corrected chi connectivity index (χ4v) is 4.10. The van der Waals surface area contributed by atoms with Gasteiger partial charge in [-0.2, -0.15) is 5.26 Å². The SMILES string of the molecule is Cc1ccc(C#N)c(N2CCC3C(CCC(=O)N3CCCCO)C2)n1. The van der Waals surface area contributed by atoms with Gasteiger partial charge in [0.2, 0.25) is 5.91 Å². The lowest BCUT2D eigenvalue weighted by molar-refractivity contribution is -0.139. The quantitative estimate of drug-likeness (QED) is 0.826. The van der Waals surface area contributed by atoms with E-state index in [9.17, 15) is 10.1 Å². The summed E-state index contributed by atoms with van der Waals surface area (Å²) in [6, 6.07) is 6.25. The number of piperidine rings is 2. The second-order valence-electron chi connectivity index (χ2n) is 7.05. The molecule has 0 aliphatic carbocycles. The van der Waals surface area contributed by atoms with E-state index in [0.717, 1.165) is 56.8 Å². The minimum Gasteiger partial charge on any atom is -0.396 e. The van der Waals surface area contributed by atoms with Crippen LogP contribution in [-0.2, 0) is 4.79 Å². The van der Waals surface area contributed by atoms with Crippen molar-refractivity contribution in [1.82, 2.24) is 9.88 Å². The summed E-state index contributed by atoms with van der Waals surface area (Å²) in [6.07, 6.45) is 4.01. The van der Waals surface area contributed by atoms with Crippen molar-refractivity contribution in [3.63, 3.8) is 0 Å². The van der Waals surface area contributed by atoms with Crippen LogP contribution in [0.2, 0.25) is 0 Å². The van der Waals surface area contributed by atoms with Gasteiger partial charge in [-0.25, -0.2) is 4.98 Å². The summed E-state index contributed by atoms with van der Waals surface area (Å²) in [5.74, 6) is 1.46. The Morgan fingerprint density at radius 1 is 1.36 bits per heavy atom. The van der Waals surface area contributed by atoms with Gasteiger partial charge in [-0.1, -0.05) is 0 Å². The number of amides is 1. The Morgan fingerprint density at radius 2 is 2.20 bits per heavy atom. The molecule has 2 saturated heterocycles. The van der Waals surface area contributed by atoms with Gasteiger partial charge in [0.05, 0.1) is 5.56 Å². The molecule has 0 aromatic carbocycles. The molecule has 3 heterocycles. The minimum absolute atomic E-state index is 0.180. The van der Waals surface area contributed by atoms with E-state index in [2.05, 4.69) is 16.0 Å². The molecule has 6 nitrogen and oxygen atoms in total. The first kappa shape index (κ1) is 17.7. The van der Waals surface area contributed by atoms with Gasteiger partial charge in [-0.15, -0.1) is 0 Å². The van der Waals surface area contributed by atoms with E-state index in [1.165, 1.54) is 0 Å². The number of nitrogens with zero attached hydrogens (tertiary/aromatic N) is 4. The predicted octanol–water partition coefficient (Wildman–Crippen LogP) is 1.85. The van der Waals surface area contributed by atoms with E-state index in [-0.39, 0.29) is 18.6 Å². The van der Waals surface area contributed by atoms with E-state index >= 15 is 0 Å². The predicted molar refractivity (Wildman–Crippen MR) is 95.1 cm³/mol. The molecule has 2 fully saturated rings. The Morgan fingerprint density at radius 3 is 2.96 bits per heavy atom. The summed E-state index contributed by atoms with van der Waals surface area (Å²) in [5, 5.41) is 18.4. The lowest BCUT2D eigenvalue weighted by Gasteiger charge is -2.47. The molecule has 2 aliphatic heterocycles. The third-order valence-corrected chi connectivity index (χ3v) is 5.38. The zero-order valence-corrected chi connectivity index (χ0v) is 14.8. The van der Waals surface area contributed by atoms with Gasteiger partial charge in [0.1, 0.15) is 11.9 Å². The van der Waals surface area contributed by atoms with Crippen molar-refractivity contribution in [2.24, 2.45) is 5.92 Å². The van der Waals surface area contributed by atoms with Gasteiger partial charge in [-0.05, 0) is 50.7 Å². The number of aromatic nitrogens is 1. The molecule has 2 aliphatic rings. The normalized spacial score (nSPS) is 23.3. The lowest BCUT2D eigenvalue weighted by Crippen LogP contribution is -2.56. The lowest BCUT2D eigenvalue weighted by atomic mass is 9.83. The number of aliphatic hydroxyl groups is 1. The highest BCUT2D eigenvalue weighted by atomic mass is 16.3. The second kappa shape index (κ2) is 7.83. The Hall–Kier alpha value is -2.13. The number of likely N-dealkylation sites (tertiary alicyclic amines) is 1. The monoisotopic (exact) mass is 342 g/mol. The maximum atomic E-state index is 12.3. The molecule has 3 rings (SSSR count). The molecular weight excluding hydrogens is 316 g/mol. The summed E-state index contributed by atoms with van der Waals surface area (Å²) >= 11 is 0. The fourth-order valence-electron chi connectivity index (χ4n) is 4.10. The number of unbranched alkanes of at least 4 members (excludes halogenated alkanes) is 1. The molecule has 0 bridgehead atoms. The van der Waals surface area contributed by atoms with Crippen molar-refractivity contribution < 1.29 is 9.90 Å². The van der Waals surface area contributed by atoms with Gasteiger partial charge >= 0.3 is 0 Å². The molecule has 0 radical (unpaired) electrons. The number of carbonyl (C=O) groups is 1. The zero-order chi connectivity index (χ0) is 17.8. The standard InChI is InChI=1S/C19H26N4O2/c1-14-4-5-15(12-20)19(21-14)22-10-8-17-16(13-22)6-7-18(25)23(17)9-2-3-11-24/h4-5,16-17,24H,2-3,6-11,13H2,1H3. The number of hydrogen-bond acceptors (Lipinski definition) is 5. The first-order valence-electron chi connectivity index (χ1n) is 9.17. The van der Waals surface area contributed by atoms with Crippen LogP contribution in [0.4, 0.5) is 5.82 Å². The average molecular weight is 342 g/mol. The van der Waals surface area contributed by atoms with Crippen LogP contribution < -0.4 is 4.90 Å². The first-order chi connectivity index (χ1) is 12.1. The Labute approximate surface area is 149 Å². The number of carbonyl (C=O) groups excluding carboxylic acids is 1. The first-order valence-corrected chi connectivity index (χ1v) is 9.17. The fraction of sp³-hybridized carbons (Fsp3) is 0.632. The molecule has 1 amide bonds. The number of aliphatic hydroxyl groups excluding tert-OH is 1. The van der Waals surface area contributed by atoms with Crippen molar-refractivity contribution in [3.8, 4) is 6.07 Å². The molecule has 134 valence electrons. The topological polar surface area (TPSA) is 80.5 Å². The third kappa shape index (κ3) is 3.77. The number of pyridine rings is 1. The number of rotatable bonds is 5. The van der Waals surface area contributed by atoms with Gasteiger partial charge in [-0.3, -0.25) is 4.79 Å². The molecule has 1 N–H and O–H groups in total. The van der Waals surface area contributed by atoms with Crippen LogP contribution in [0.15, 0.2) is 12.1 Å². The molecule has 6 heteroatoms. The summed E-state index contributed by atoms with van der Waals surface area (Å²) in [7, 11) is 0. The summed E-state index contributed by atoms with van der Waals surface area (Å²) < 4.78 is 0. The number of nitriles is 1. The number of aryl methyl sites for hydroxylation is 1. The molecule has 1 aromatic heterocycles. The second-order valence-corrected chi connectivity index (χ2v) is 7.05. The van der Waals surface area contributed by atoms with Gasteiger partial charge < -0.3 is 14.9 Å². The highest BCUT2D eigenvalue weighted by molar-refractivity contribution is 5.77. The van der Waals surface area contributed by atoms with Crippen molar-refractivity contribution >= 4 is 11.7 Å². The van der Waals surface area contributed by atoms with Crippen LogP contribution in [0.3, 0.4) is 0 Å². The van der Waals surface area contributed by atoms with E-state index in [4.69, 9.17) is 5.11 Å². The molecule has 25 heavy (non-hydrogen) atoms. The number of hydrogen-bond donors (Lipinski definition) is 1. The highest BCUT2D eigenvalue weighted by Crippen LogP contribution is 2.34. The molecule has 2 unspecified atom stereocenters. The molecule has 0 saturated carbocycles. The average Bonchev–Trinajstić information content (AvgIpc) is 2.63. The smallest absolute Gasteiger partial charge is 0.222 e. The number of fused-ring (bicyclic) bond motifs is 1. The van der Waals surface area contributed by atoms with E-state index < -0.39 is 0 Å².